The molecule has 0 radical (unpaired) electrons. The van der Waals surface area contributed by atoms with Gasteiger partial charge >= 0.3 is 23.9 Å². The lowest BCUT2D eigenvalue weighted by Gasteiger charge is -2.23. The van der Waals surface area contributed by atoms with Crippen molar-refractivity contribution in [3.05, 3.63) is 95.1 Å². The van der Waals surface area contributed by atoms with Crippen molar-refractivity contribution in [2.24, 2.45) is 5.41 Å². The Labute approximate surface area is 351 Å². The van der Waals surface area contributed by atoms with E-state index in [1.807, 2.05) is 0 Å². The van der Waals surface area contributed by atoms with Crippen molar-refractivity contribution in [2.45, 2.75) is 0 Å². The smallest absolute Gasteiger partial charge is 0.335 e. The molecule has 4 rings (SSSR count). The molecule has 4 aromatic carbocycles. The molecule has 0 aliphatic heterocycles. The van der Waals surface area contributed by atoms with E-state index in [1.165, 1.54) is 105 Å². The molecule has 0 fully saturated rings. The maximum atomic E-state index is 10.6. The molecular weight excluding hydrogens is 812 g/mol. The Morgan fingerprint density at radius 3 is 0.525 bits per heavy atom. The first-order valence-electron chi connectivity index (χ1n) is 17.2. The minimum Gasteiger partial charge on any atom is -0.497 e. The second-order valence-electron chi connectivity index (χ2n) is 11.8. The molecule has 336 valence electrons. The molecule has 0 aromatic heterocycles. The van der Waals surface area contributed by atoms with E-state index < -0.39 is 55.7 Å². The predicted octanol–water partition coefficient (Wildman–Crippen LogP) is 3.55. The highest BCUT2D eigenvalue weighted by Gasteiger charge is 2.26. The van der Waals surface area contributed by atoms with Gasteiger partial charge in [-0.05, 0) is 48.5 Å². The van der Waals surface area contributed by atoms with Gasteiger partial charge in [0.1, 0.15) is 46.0 Å². The summed E-state index contributed by atoms with van der Waals surface area (Å²) in [6, 6.07) is 18.0. The molecule has 4 aromatic rings. The molecule has 0 saturated carbocycles. The lowest BCUT2D eigenvalue weighted by molar-refractivity contribution is -0.0328. The highest BCUT2D eigenvalue weighted by atomic mass is 16.5. The average molecular weight is 865 g/mol. The van der Waals surface area contributed by atoms with E-state index in [4.69, 9.17) is 78.7 Å². The minimum absolute atomic E-state index is 0.149. The summed E-state index contributed by atoms with van der Waals surface area (Å²) < 4.78 is 39.2. The zero-order valence-corrected chi connectivity index (χ0v) is 34.7. The maximum absolute atomic E-state index is 10.6. The standard InChI is InChI=1S/4C9H10O4.C5H12O4/c4*1-12-7-3-6(9(10)11)4-8(5-7)13-2;6-1-5(2-7,3-8)4-9/h4*3-5H,1-2H3,(H,10,11);6-9H,1-4H2. The summed E-state index contributed by atoms with van der Waals surface area (Å²) in [6.45, 7) is -1.62. The molecule has 0 saturated heterocycles. The van der Waals surface area contributed by atoms with E-state index in [0.717, 1.165) is 0 Å². The quantitative estimate of drug-likeness (QED) is 0.0798. The number of hydrogen-bond acceptors (Lipinski definition) is 16. The lowest BCUT2D eigenvalue weighted by atomic mass is 9.93. The summed E-state index contributed by atoms with van der Waals surface area (Å²) in [4.78, 5) is 42.5. The third kappa shape index (κ3) is 19.1. The second kappa shape index (κ2) is 28.4. The van der Waals surface area contributed by atoms with E-state index in [-0.39, 0.29) is 22.3 Å². The fourth-order valence-corrected chi connectivity index (χ4v) is 4.02. The van der Waals surface area contributed by atoms with Crippen molar-refractivity contribution in [1.82, 2.24) is 0 Å². The molecule has 0 heterocycles. The van der Waals surface area contributed by atoms with Crippen molar-refractivity contribution < 1.29 is 97.9 Å². The predicted molar refractivity (Wildman–Crippen MR) is 217 cm³/mol. The van der Waals surface area contributed by atoms with Gasteiger partial charge in [0.15, 0.2) is 0 Å². The summed E-state index contributed by atoms with van der Waals surface area (Å²) in [6.07, 6.45) is 0. The van der Waals surface area contributed by atoms with Crippen LogP contribution in [0.25, 0.3) is 0 Å². The van der Waals surface area contributed by atoms with Crippen LogP contribution in [-0.4, -0.2) is 148 Å². The van der Waals surface area contributed by atoms with Gasteiger partial charge in [0.25, 0.3) is 0 Å². The first-order chi connectivity index (χ1) is 28.9. The van der Waals surface area contributed by atoms with Crippen LogP contribution in [0.4, 0.5) is 0 Å². The van der Waals surface area contributed by atoms with Crippen molar-refractivity contribution >= 4 is 23.9 Å². The van der Waals surface area contributed by atoms with Gasteiger partial charge in [-0.3, -0.25) is 0 Å². The Morgan fingerprint density at radius 1 is 0.328 bits per heavy atom. The van der Waals surface area contributed by atoms with Crippen LogP contribution in [0.2, 0.25) is 0 Å². The number of aliphatic hydroxyl groups is 4. The number of methoxy groups -OCH3 is 8. The third-order valence-electron chi connectivity index (χ3n) is 7.74. The maximum Gasteiger partial charge on any atom is 0.335 e. The fraction of sp³-hybridized carbons (Fsp3) is 0.317. The summed E-state index contributed by atoms with van der Waals surface area (Å²) in [7, 11) is 11.8. The summed E-state index contributed by atoms with van der Waals surface area (Å²) in [5, 5.41) is 68.8. The summed E-state index contributed by atoms with van der Waals surface area (Å²) >= 11 is 0. The number of ether oxygens (including phenoxy) is 8. The first kappa shape index (κ1) is 54.0. The monoisotopic (exact) mass is 864 g/mol. The SMILES string of the molecule is COc1cc(OC)cc(C(=O)O)c1.COc1cc(OC)cc(C(=O)O)c1.COc1cc(OC)cc(C(=O)O)c1.COc1cc(OC)cc(C(=O)O)c1.OCC(CO)(CO)CO. The topological polar surface area (TPSA) is 304 Å². The molecule has 0 aliphatic rings. The van der Waals surface area contributed by atoms with Gasteiger partial charge in [0.2, 0.25) is 0 Å². The van der Waals surface area contributed by atoms with Crippen LogP contribution in [-0.2, 0) is 0 Å². The van der Waals surface area contributed by atoms with Gasteiger partial charge in [-0.25, -0.2) is 19.2 Å². The number of hydrogen-bond donors (Lipinski definition) is 8. The van der Waals surface area contributed by atoms with Crippen molar-refractivity contribution in [3.63, 3.8) is 0 Å². The number of carbonyl (C=O) groups is 4. The van der Waals surface area contributed by atoms with Crippen LogP contribution in [0.1, 0.15) is 41.4 Å². The number of carboxylic acids is 4. The average Bonchev–Trinajstić information content (AvgIpc) is 3.29. The second-order valence-corrected chi connectivity index (χ2v) is 11.8. The van der Waals surface area contributed by atoms with Gasteiger partial charge in [-0.1, -0.05) is 0 Å². The molecule has 0 amide bonds. The molecule has 0 atom stereocenters. The highest BCUT2D eigenvalue weighted by Crippen LogP contribution is 2.25. The number of rotatable bonds is 16. The number of benzene rings is 4. The molecule has 0 aliphatic carbocycles. The van der Waals surface area contributed by atoms with Crippen molar-refractivity contribution in [3.8, 4) is 46.0 Å². The van der Waals surface area contributed by atoms with Crippen LogP contribution in [0, 0.1) is 5.41 Å². The number of aliphatic hydroxyl groups excluding tert-OH is 4. The summed E-state index contributed by atoms with van der Waals surface area (Å²) in [5.74, 6) is -0.257. The molecule has 20 nitrogen and oxygen atoms in total. The third-order valence-corrected chi connectivity index (χ3v) is 7.74. The largest absolute Gasteiger partial charge is 0.497 e. The summed E-state index contributed by atoms with van der Waals surface area (Å²) in [5.41, 5.74) is -0.514. The Balaban J connectivity index is 0.000000742. The van der Waals surface area contributed by atoms with Gasteiger partial charge in [-0.15, -0.1) is 0 Å². The van der Waals surface area contributed by atoms with Gasteiger partial charge in [-0.2, -0.15) is 0 Å². The van der Waals surface area contributed by atoms with E-state index in [2.05, 4.69) is 0 Å². The van der Waals surface area contributed by atoms with E-state index in [1.54, 1.807) is 24.3 Å². The molecule has 61 heavy (non-hydrogen) atoms. The molecule has 0 spiro atoms. The van der Waals surface area contributed by atoms with Crippen molar-refractivity contribution in [2.75, 3.05) is 83.3 Å². The Kier molecular flexibility index (Phi) is 25.2. The van der Waals surface area contributed by atoms with Crippen LogP contribution in [0.15, 0.2) is 72.8 Å². The zero-order valence-electron chi connectivity index (χ0n) is 34.7. The van der Waals surface area contributed by atoms with E-state index in [0.29, 0.717) is 46.0 Å². The van der Waals surface area contributed by atoms with Crippen LogP contribution in [0.3, 0.4) is 0 Å². The van der Waals surface area contributed by atoms with Crippen molar-refractivity contribution in [1.29, 1.82) is 0 Å². The van der Waals surface area contributed by atoms with Gasteiger partial charge < -0.3 is 78.7 Å². The molecule has 0 unspecified atom stereocenters. The lowest BCUT2D eigenvalue weighted by Crippen LogP contribution is -2.37. The Hall–Kier alpha value is -7.00. The number of aromatic carboxylic acids is 4. The van der Waals surface area contributed by atoms with Crippen LogP contribution in [0.5, 0.6) is 46.0 Å². The van der Waals surface area contributed by atoms with Gasteiger partial charge in [0.05, 0.1) is 111 Å². The van der Waals surface area contributed by atoms with Crippen LogP contribution < -0.4 is 37.9 Å². The molecule has 0 bridgehead atoms. The van der Waals surface area contributed by atoms with Crippen LogP contribution >= 0.6 is 0 Å². The van der Waals surface area contributed by atoms with E-state index in [9.17, 15) is 19.2 Å². The first-order valence-corrected chi connectivity index (χ1v) is 17.2. The molecule has 8 N–H and O–H groups in total. The minimum atomic E-state index is -1.11. The van der Waals surface area contributed by atoms with E-state index >= 15 is 0 Å². The number of carboxylic acid groups (broad SMARTS) is 4. The van der Waals surface area contributed by atoms with Gasteiger partial charge in [0, 0.05) is 24.3 Å². The Bertz CT molecular complexity index is 1610. The zero-order chi connectivity index (χ0) is 46.7. The fourth-order valence-electron chi connectivity index (χ4n) is 4.02. The Morgan fingerprint density at radius 2 is 0.459 bits per heavy atom. The normalized spacial score (nSPS) is 9.77. The molecule has 20 heteroatoms. The highest BCUT2D eigenvalue weighted by molar-refractivity contribution is 5.90. The molecular formula is C41H52O20.